The molecule has 128 valence electrons. The van der Waals surface area contributed by atoms with Crippen LogP contribution in [0.3, 0.4) is 0 Å². The van der Waals surface area contributed by atoms with Crippen LogP contribution < -0.4 is 5.32 Å². The third kappa shape index (κ3) is 3.35. The first-order valence-electron chi connectivity index (χ1n) is 7.32. The van der Waals surface area contributed by atoms with Gasteiger partial charge in [0.2, 0.25) is 0 Å². The first kappa shape index (κ1) is 17.0. The van der Waals surface area contributed by atoms with Gasteiger partial charge >= 0.3 is 0 Å². The van der Waals surface area contributed by atoms with E-state index >= 15 is 0 Å². The highest BCUT2D eigenvalue weighted by Crippen LogP contribution is 2.27. The van der Waals surface area contributed by atoms with Gasteiger partial charge in [0.25, 0.3) is 5.91 Å². The van der Waals surface area contributed by atoms with Crippen molar-refractivity contribution < 1.29 is 27.4 Å². The molecule has 0 fully saturated rings. The number of carbonyl (C=O) groups excluding carboxylic acids is 3. The summed E-state index contributed by atoms with van der Waals surface area (Å²) < 4.78 is 31.6. The lowest BCUT2D eigenvalue weighted by Gasteiger charge is -2.18. The first-order valence-corrected chi connectivity index (χ1v) is 8.90. The number of amides is 1. The zero-order valence-corrected chi connectivity index (χ0v) is 13.6. The largest absolute Gasteiger partial charge is 0.748 e. The van der Waals surface area contributed by atoms with Crippen molar-refractivity contribution in [3.8, 4) is 0 Å². The van der Waals surface area contributed by atoms with Crippen molar-refractivity contribution in [2.45, 2.75) is 0 Å². The van der Waals surface area contributed by atoms with Crippen LogP contribution in [-0.4, -0.2) is 42.7 Å². The fourth-order valence-electron chi connectivity index (χ4n) is 2.63. The molecule has 8 heteroatoms. The second-order valence-corrected chi connectivity index (χ2v) is 7.01. The van der Waals surface area contributed by atoms with E-state index in [1.165, 1.54) is 18.2 Å². The molecule has 0 atom stereocenters. The summed E-state index contributed by atoms with van der Waals surface area (Å²) in [7, 11) is -4.43. The van der Waals surface area contributed by atoms with Crippen molar-refractivity contribution in [2.75, 3.05) is 12.3 Å². The molecular formula is C17H12NO6S-. The molecule has 0 saturated carbocycles. The summed E-state index contributed by atoms with van der Waals surface area (Å²) in [5.41, 5.74) is 1.02. The summed E-state index contributed by atoms with van der Waals surface area (Å²) in [6.07, 6.45) is 0. The lowest BCUT2D eigenvalue weighted by molar-refractivity contribution is 0.0953. The maximum atomic E-state index is 12.6. The Morgan fingerprint density at radius 1 is 0.920 bits per heavy atom. The SMILES string of the molecule is O=C(NCCS(=O)(=O)[O-])c1ccc2c(c1)C(=O)c1ccccc1C2=O. The minimum Gasteiger partial charge on any atom is -0.748 e. The number of ketones is 2. The Morgan fingerprint density at radius 2 is 1.48 bits per heavy atom. The molecular weight excluding hydrogens is 346 g/mol. The molecule has 7 nitrogen and oxygen atoms in total. The highest BCUT2D eigenvalue weighted by atomic mass is 32.2. The standard InChI is InChI=1S/C17H13NO6S/c19-15-11-3-1-2-4-12(11)16(20)14-9-10(5-6-13(14)15)17(21)18-7-8-25(22,23)24/h1-6,9H,7-8H2,(H,18,21)(H,22,23,24)/p-1. The van der Waals surface area contributed by atoms with E-state index in [1.54, 1.807) is 24.3 Å². The normalized spacial score (nSPS) is 13.2. The van der Waals surface area contributed by atoms with Crippen molar-refractivity contribution in [3.63, 3.8) is 0 Å². The van der Waals surface area contributed by atoms with E-state index in [1.807, 2.05) is 0 Å². The number of hydrogen-bond donors (Lipinski definition) is 1. The fourth-order valence-corrected chi connectivity index (χ4v) is 2.98. The molecule has 1 aliphatic rings. The predicted octanol–water partition coefficient (Wildman–Crippen LogP) is 0.737. The predicted molar refractivity (Wildman–Crippen MR) is 86.6 cm³/mol. The molecule has 1 aliphatic carbocycles. The summed E-state index contributed by atoms with van der Waals surface area (Å²) in [5.74, 6) is -2.02. The molecule has 1 N–H and O–H groups in total. The molecule has 0 aliphatic heterocycles. The summed E-state index contributed by atoms with van der Waals surface area (Å²) >= 11 is 0. The van der Waals surface area contributed by atoms with Crippen LogP contribution >= 0.6 is 0 Å². The van der Waals surface area contributed by atoms with Crippen molar-refractivity contribution in [3.05, 3.63) is 70.3 Å². The number of nitrogens with one attached hydrogen (secondary N) is 1. The Morgan fingerprint density at radius 3 is 2.08 bits per heavy atom. The van der Waals surface area contributed by atoms with Gasteiger partial charge in [-0.25, -0.2) is 8.42 Å². The molecule has 0 aromatic heterocycles. The van der Waals surface area contributed by atoms with Crippen LogP contribution in [0.2, 0.25) is 0 Å². The van der Waals surface area contributed by atoms with E-state index in [9.17, 15) is 27.4 Å². The van der Waals surface area contributed by atoms with Crippen molar-refractivity contribution in [2.24, 2.45) is 0 Å². The average molecular weight is 358 g/mol. The summed E-state index contributed by atoms with van der Waals surface area (Å²) in [4.78, 5) is 37.1. The molecule has 0 bridgehead atoms. The summed E-state index contributed by atoms with van der Waals surface area (Å²) in [6.45, 7) is -0.336. The third-order valence-corrected chi connectivity index (χ3v) is 4.53. The Bertz CT molecular complexity index is 1010. The van der Waals surface area contributed by atoms with Gasteiger partial charge in [-0.2, -0.15) is 0 Å². The first-order chi connectivity index (χ1) is 11.8. The monoisotopic (exact) mass is 358 g/mol. The Hall–Kier alpha value is -2.84. The highest BCUT2D eigenvalue weighted by Gasteiger charge is 2.29. The van der Waals surface area contributed by atoms with Crippen LogP contribution in [0.1, 0.15) is 42.2 Å². The Balaban J connectivity index is 1.88. The van der Waals surface area contributed by atoms with Gasteiger partial charge < -0.3 is 9.87 Å². The second-order valence-electron chi connectivity index (χ2n) is 5.48. The lowest BCUT2D eigenvalue weighted by atomic mass is 9.83. The van der Waals surface area contributed by atoms with Crippen LogP contribution in [0.25, 0.3) is 0 Å². The minimum absolute atomic E-state index is 0.0996. The van der Waals surface area contributed by atoms with Gasteiger partial charge in [0.05, 0.1) is 15.9 Å². The van der Waals surface area contributed by atoms with E-state index < -0.39 is 21.8 Å². The fraction of sp³-hybridized carbons (Fsp3) is 0.118. The zero-order chi connectivity index (χ0) is 18.2. The van der Waals surface area contributed by atoms with Gasteiger partial charge in [-0.15, -0.1) is 0 Å². The van der Waals surface area contributed by atoms with Crippen LogP contribution in [0.5, 0.6) is 0 Å². The summed E-state index contributed by atoms with van der Waals surface area (Å²) in [5, 5.41) is 2.29. The van der Waals surface area contributed by atoms with Crippen LogP contribution in [0.4, 0.5) is 0 Å². The number of rotatable bonds is 4. The van der Waals surface area contributed by atoms with Crippen LogP contribution in [0, 0.1) is 0 Å². The molecule has 25 heavy (non-hydrogen) atoms. The smallest absolute Gasteiger partial charge is 0.251 e. The van der Waals surface area contributed by atoms with E-state index in [4.69, 9.17) is 0 Å². The molecule has 0 heterocycles. The van der Waals surface area contributed by atoms with Crippen LogP contribution in [-0.2, 0) is 10.1 Å². The minimum atomic E-state index is -4.43. The zero-order valence-electron chi connectivity index (χ0n) is 12.8. The quantitative estimate of drug-likeness (QED) is 0.687. The maximum absolute atomic E-state index is 12.6. The molecule has 3 rings (SSSR count). The molecule has 0 spiro atoms. The highest BCUT2D eigenvalue weighted by molar-refractivity contribution is 7.85. The maximum Gasteiger partial charge on any atom is 0.251 e. The van der Waals surface area contributed by atoms with E-state index in [0.29, 0.717) is 5.56 Å². The number of benzene rings is 2. The van der Waals surface area contributed by atoms with Crippen molar-refractivity contribution in [1.82, 2.24) is 5.32 Å². The molecule has 1 amide bonds. The Kier molecular flexibility index (Phi) is 4.23. The van der Waals surface area contributed by atoms with Crippen LogP contribution in [0.15, 0.2) is 42.5 Å². The van der Waals surface area contributed by atoms with E-state index in [0.717, 1.165) is 0 Å². The second kappa shape index (κ2) is 6.23. The molecule has 2 aromatic rings. The number of hydrogen-bond acceptors (Lipinski definition) is 6. The Labute approximate surface area is 143 Å². The van der Waals surface area contributed by atoms with Crippen molar-refractivity contribution >= 4 is 27.6 Å². The van der Waals surface area contributed by atoms with Gasteiger partial charge in [0, 0.05) is 34.4 Å². The van der Waals surface area contributed by atoms with Gasteiger partial charge in [-0.3, -0.25) is 14.4 Å². The molecule has 2 aromatic carbocycles. The lowest BCUT2D eigenvalue weighted by Crippen LogP contribution is -2.29. The summed E-state index contributed by atoms with van der Waals surface area (Å²) in [6, 6.07) is 10.5. The average Bonchev–Trinajstić information content (AvgIpc) is 2.58. The number of carbonyl (C=O) groups is 3. The topological polar surface area (TPSA) is 120 Å². The van der Waals surface area contributed by atoms with E-state index in [2.05, 4.69) is 5.32 Å². The third-order valence-electron chi connectivity index (χ3n) is 3.82. The van der Waals surface area contributed by atoms with Gasteiger partial charge in [0.1, 0.15) is 0 Å². The molecule has 0 radical (unpaired) electrons. The van der Waals surface area contributed by atoms with Gasteiger partial charge in [0.15, 0.2) is 11.6 Å². The van der Waals surface area contributed by atoms with E-state index in [-0.39, 0.29) is 40.4 Å². The van der Waals surface area contributed by atoms with Gasteiger partial charge in [-0.05, 0) is 18.2 Å². The number of fused-ring (bicyclic) bond motifs is 2. The molecule has 0 saturated heterocycles. The molecule has 0 unspecified atom stereocenters. The van der Waals surface area contributed by atoms with Gasteiger partial charge in [-0.1, -0.05) is 24.3 Å². The van der Waals surface area contributed by atoms with Crippen molar-refractivity contribution in [1.29, 1.82) is 0 Å².